The van der Waals surface area contributed by atoms with Crippen LogP contribution in [0, 0.1) is 11.2 Å². The molecule has 0 N–H and O–H groups in total. The van der Waals surface area contributed by atoms with Gasteiger partial charge in [-0.15, -0.1) is 0 Å². The molecule has 4 rings (SSSR count). The van der Waals surface area contributed by atoms with E-state index in [1.807, 2.05) is 0 Å². The number of unbranched alkanes of at least 4 members (excludes halogenated alkanes) is 1. The van der Waals surface area contributed by atoms with Gasteiger partial charge in [0.25, 0.3) is 5.91 Å². The summed E-state index contributed by atoms with van der Waals surface area (Å²) in [5, 5.41) is 0.0378. The van der Waals surface area contributed by atoms with Crippen molar-refractivity contribution in [2.75, 3.05) is 50.7 Å². The summed E-state index contributed by atoms with van der Waals surface area (Å²) in [5.41, 5.74) is 3.41. The zero-order chi connectivity index (χ0) is 24.1. The van der Waals surface area contributed by atoms with E-state index in [0.29, 0.717) is 24.1 Å². The summed E-state index contributed by atoms with van der Waals surface area (Å²) in [6, 6.07) is 13.1. The second kappa shape index (κ2) is 11.1. The number of hydrogen-bond acceptors (Lipinski definition) is 3. The SMILES string of the molecule is CC1(C)CCCN(CCCCc2ccc(N3CCN(C(=O)c4ccc(Cl)c(F)c4)CC3)cc2)C1. The Morgan fingerprint density at radius 2 is 1.74 bits per heavy atom. The van der Waals surface area contributed by atoms with Gasteiger partial charge in [0, 0.05) is 44.0 Å². The number of nitrogens with zero attached hydrogens (tertiary/aromatic N) is 3. The number of rotatable bonds is 7. The Hall–Kier alpha value is -2.11. The van der Waals surface area contributed by atoms with Gasteiger partial charge in [-0.2, -0.15) is 0 Å². The number of hydrogen-bond donors (Lipinski definition) is 0. The van der Waals surface area contributed by atoms with Crippen LogP contribution in [-0.2, 0) is 6.42 Å². The number of amides is 1. The lowest BCUT2D eigenvalue weighted by atomic mass is 9.84. The highest BCUT2D eigenvalue weighted by molar-refractivity contribution is 6.30. The molecule has 0 saturated carbocycles. The Morgan fingerprint density at radius 1 is 1.00 bits per heavy atom. The Morgan fingerprint density at radius 3 is 2.41 bits per heavy atom. The summed E-state index contributed by atoms with van der Waals surface area (Å²) < 4.78 is 13.7. The van der Waals surface area contributed by atoms with Gasteiger partial charge in [0.1, 0.15) is 5.82 Å². The van der Waals surface area contributed by atoms with Crippen molar-refractivity contribution < 1.29 is 9.18 Å². The third kappa shape index (κ3) is 6.51. The fraction of sp³-hybridized carbons (Fsp3) is 0.536. The van der Waals surface area contributed by atoms with Gasteiger partial charge in [-0.25, -0.2) is 4.39 Å². The quantitative estimate of drug-likeness (QED) is 0.458. The van der Waals surface area contributed by atoms with Crippen LogP contribution in [0.1, 0.15) is 55.5 Å². The highest BCUT2D eigenvalue weighted by Gasteiger charge is 2.26. The number of piperazine rings is 1. The van der Waals surface area contributed by atoms with E-state index in [-0.39, 0.29) is 10.9 Å². The van der Waals surface area contributed by atoms with Crippen LogP contribution in [-0.4, -0.2) is 61.5 Å². The summed E-state index contributed by atoms with van der Waals surface area (Å²) in [6.45, 7) is 11.3. The fourth-order valence-electron chi connectivity index (χ4n) is 5.25. The first-order valence-electron chi connectivity index (χ1n) is 12.6. The molecule has 184 valence electrons. The lowest BCUT2D eigenvalue weighted by Gasteiger charge is -2.38. The van der Waals surface area contributed by atoms with Crippen molar-refractivity contribution in [2.45, 2.75) is 46.0 Å². The van der Waals surface area contributed by atoms with E-state index < -0.39 is 5.82 Å². The molecule has 2 aromatic carbocycles. The molecule has 0 aliphatic carbocycles. The van der Waals surface area contributed by atoms with Gasteiger partial charge in [-0.3, -0.25) is 4.79 Å². The zero-order valence-electron chi connectivity index (χ0n) is 20.5. The van der Waals surface area contributed by atoms with Crippen LogP contribution in [0.25, 0.3) is 0 Å². The van der Waals surface area contributed by atoms with Crippen molar-refractivity contribution in [1.82, 2.24) is 9.80 Å². The molecule has 2 heterocycles. The predicted molar refractivity (Wildman–Crippen MR) is 138 cm³/mol. The Balaban J connectivity index is 1.20. The first kappa shape index (κ1) is 25.0. The molecule has 2 fully saturated rings. The van der Waals surface area contributed by atoms with Crippen molar-refractivity contribution in [2.24, 2.45) is 5.41 Å². The van der Waals surface area contributed by atoms with Crippen LogP contribution in [0.15, 0.2) is 42.5 Å². The highest BCUT2D eigenvalue weighted by Crippen LogP contribution is 2.28. The molecule has 1 amide bonds. The van der Waals surface area contributed by atoms with Crippen molar-refractivity contribution >= 4 is 23.2 Å². The molecular weight excluding hydrogens is 449 g/mol. The van der Waals surface area contributed by atoms with Gasteiger partial charge in [0.15, 0.2) is 0 Å². The van der Waals surface area contributed by atoms with Crippen LogP contribution in [0.3, 0.4) is 0 Å². The third-order valence-corrected chi connectivity index (χ3v) is 7.51. The van der Waals surface area contributed by atoms with Crippen LogP contribution in [0.5, 0.6) is 0 Å². The van der Waals surface area contributed by atoms with Crippen LogP contribution in [0.4, 0.5) is 10.1 Å². The number of piperidine rings is 1. The average Bonchev–Trinajstić information content (AvgIpc) is 2.83. The average molecular weight is 486 g/mol. The predicted octanol–water partition coefficient (Wildman–Crippen LogP) is 5.89. The summed E-state index contributed by atoms with van der Waals surface area (Å²) in [7, 11) is 0. The van der Waals surface area contributed by atoms with E-state index in [4.69, 9.17) is 11.6 Å². The minimum atomic E-state index is -0.554. The standard InChI is InChI=1S/C28H37ClFN3O/c1-28(2)13-5-15-31(21-28)14-4-3-6-22-7-10-24(11-8-22)32-16-18-33(19-17-32)27(34)23-9-12-25(29)26(30)20-23/h7-12,20H,3-6,13-19,21H2,1-2H3. The molecule has 2 aliphatic heterocycles. The van der Waals surface area contributed by atoms with Crippen LogP contribution < -0.4 is 4.90 Å². The fourth-order valence-corrected chi connectivity index (χ4v) is 5.37. The van der Waals surface area contributed by atoms with Crippen LogP contribution >= 0.6 is 11.6 Å². The van der Waals surface area contributed by atoms with Crippen LogP contribution in [0.2, 0.25) is 5.02 Å². The molecule has 0 radical (unpaired) electrons. The number of anilines is 1. The maximum atomic E-state index is 13.7. The van der Waals surface area contributed by atoms with E-state index in [0.717, 1.165) is 19.5 Å². The molecule has 2 aliphatic rings. The smallest absolute Gasteiger partial charge is 0.254 e. The van der Waals surface area contributed by atoms with Gasteiger partial charge in [0.05, 0.1) is 5.02 Å². The number of likely N-dealkylation sites (tertiary alicyclic amines) is 1. The Bertz CT molecular complexity index is 970. The lowest BCUT2D eigenvalue weighted by Crippen LogP contribution is -2.48. The molecule has 34 heavy (non-hydrogen) atoms. The summed E-state index contributed by atoms with van der Waals surface area (Å²) in [6.07, 6.45) is 6.28. The minimum absolute atomic E-state index is 0.0378. The molecule has 2 saturated heterocycles. The second-order valence-electron chi connectivity index (χ2n) is 10.6. The Labute approximate surface area is 208 Å². The highest BCUT2D eigenvalue weighted by atomic mass is 35.5. The summed E-state index contributed by atoms with van der Waals surface area (Å²) in [5.74, 6) is -0.694. The van der Waals surface area contributed by atoms with Crippen molar-refractivity contribution in [3.05, 3.63) is 64.4 Å². The van der Waals surface area contributed by atoms with E-state index in [9.17, 15) is 9.18 Å². The summed E-state index contributed by atoms with van der Waals surface area (Å²) in [4.78, 5) is 19.4. The second-order valence-corrected chi connectivity index (χ2v) is 11.0. The van der Waals surface area contributed by atoms with Gasteiger partial charge in [-0.05, 0) is 86.5 Å². The number of carbonyl (C=O) groups is 1. The maximum absolute atomic E-state index is 13.7. The lowest BCUT2D eigenvalue weighted by molar-refractivity contribution is 0.0746. The largest absolute Gasteiger partial charge is 0.368 e. The molecule has 2 aromatic rings. The number of benzene rings is 2. The molecule has 0 unspecified atom stereocenters. The molecule has 6 heteroatoms. The maximum Gasteiger partial charge on any atom is 0.254 e. The Kier molecular flexibility index (Phi) is 8.15. The molecule has 0 bridgehead atoms. The van der Waals surface area contributed by atoms with Gasteiger partial charge in [-0.1, -0.05) is 37.6 Å². The molecule has 0 spiro atoms. The van der Waals surface area contributed by atoms with E-state index in [1.54, 1.807) is 11.0 Å². The number of halogens is 2. The minimum Gasteiger partial charge on any atom is -0.368 e. The monoisotopic (exact) mass is 485 g/mol. The zero-order valence-corrected chi connectivity index (χ0v) is 21.3. The first-order chi connectivity index (χ1) is 16.3. The number of aryl methyl sites for hydroxylation is 1. The molecule has 0 atom stereocenters. The molecule has 4 nitrogen and oxygen atoms in total. The van der Waals surface area contributed by atoms with Gasteiger partial charge in [0.2, 0.25) is 0 Å². The molecule has 0 aromatic heterocycles. The van der Waals surface area contributed by atoms with Crippen molar-refractivity contribution in [3.63, 3.8) is 0 Å². The van der Waals surface area contributed by atoms with Gasteiger partial charge >= 0.3 is 0 Å². The van der Waals surface area contributed by atoms with Gasteiger partial charge < -0.3 is 14.7 Å². The van der Waals surface area contributed by atoms with E-state index in [1.165, 1.54) is 68.7 Å². The topological polar surface area (TPSA) is 26.8 Å². The normalized spacial score (nSPS) is 18.8. The molecular formula is C28H37ClFN3O. The first-order valence-corrected chi connectivity index (χ1v) is 13.0. The van der Waals surface area contributed by atoms with Crippen molar-refractivity contribution in [3.8, 4) is 0 Å². The third-order valence-electron chi connectivity index (χ3n) is 7.20. The van der Waals surface area contributed by atoms with E-state index in [2.05, 4.69) is 47.9 Å². The summed E-state index contributed by atoms with van der Waals surface area (Å²) >= 11 is 5.74. The van der Waals surface area contributed by atoms with E-state index >= 15 is 0 Å². The number of carbonyl (C=O) groups excluding carboxylic acids is 1. The van der Waals surface area contributed by atoms with Crippen molar-refractivity contribution in [1.29, 1.82) is 0 Å².